The van der Waals surface area contributed by atoms with Crippen LogP contribution in [0.4, 0.5) is 5.69 Å². The average molecular weight is 487 g/mol. The van der Waals surface area contributed by atoms with Gasteiger partial charge in [0.1, 0.15) is 11.5 Å². The zero-order valence-corrected chi connectivity index (χ0v) is 19.4. The summed E-state index contributed by atoms with van der Waals surface area (Å²) >= 11 is 5.77. The highest BCUT2D eigenvalue weighted by Gasteiger charge is 2.26. The Morgan fingerprint density at radius 2 is 1.91 bits per heavy atom. The number of hydrogen-bond donors (Lipinski definition) is 4. The number of aromatic nitrogens is 1. The Balaban J connectivity index is 1.59. The zero-order valence-electron chi connectivity index (χ0n) is 18.6. The van der Waals surface area contributed by atoms with Gasteiger partial charge < -0.3 is 30.2 Å². The number of halogens is 1. The fourth-order valence-electron chi connectivity index (χ4n) is 3.01. The van der Waals surface area contributed by atoms with Crippen molar-refractivity contribution in [2.75, 3.05) is 19.0 Å². The minimum absolute atomic E-state index is 0.00732. The van der Waals surface area contributed by atoms with Gasteiger partial charge in [-0.3, -0.25) is 14.4 Å². The molecule has 1 heterocycles. The highest BCUT2D eigenvalue weighted by Crippen LogP contribution is 2.32. The van der Waals surface area contributed by atoms with Crippen LogP contribution >= 0.6 is 11.6 Å². The van der Waals surface area contributed by atoms with Crippen LogP contribution in [0.2, 0.25) is 5.02 Å². The molecule has 0 atom stereocenters. The third-order valence-electron chi connectivity index (χ3n) is 4.71. The number of amides is 3. The number of benzene rings is 2. The first kappa shape index (κ1) is 24.6. The van der Waals surface area contributed by atoms with Gasteiger partial charge in [-0.25, -0.2) is 4.98 Å². The maximum Gasteiger partial charge on any atom is 0.313 e. The molecule has 0 radical (unpaired) electrons. The summed E-state index contributed by atoms with van der Waals surface area (Å²) in [4.78, 5) is 41.0. The number of phenols is 1. The Morgan fingerprint density at radius 1 is 1.15 bits per heavy atom. The van der Waals surface area contributed by atoms with Crippen LogP contribution in [0.5, 0.6) is 11.5 Å². The summed E-state index contributed by atoms with van der Waals surface area (Å²) < 4.78 is 10.6. The number of nitrogens with zero attached hydrogens (tertiary/aromatic N) is 1. The van der Waals surface area contributed by atoms with E-state index >= 15 is 0 Å². The van der Waals surface area contributed by atoms with Gasteiger partial charge in [-0.1, -0.05) is 11.6 Å². The van der Waals surface area contributed by atoms with Gasteiger partial charge in [-0.05, 0) is 44.2 Å². The van der Waals surface area contributed by atoms with Crippen molar-refractivity contribution in [2.45, 2.75) is 19.4 Å². The molecule has 3 amide bonds. The van der Waals surface area contributed by atoms with E-state index < -0.39 is 23.3 Å². The quantitative estimate of drug-likeness (QED) is 0.376. The molecular formula is C23H23ClN4O6. The second kappa shape index (κ2) is 10.3. The van der Waals surface area contributed by atoms with E-state index in [9.17, 15) is 19.5 Å². The lowest BCUT2D eigenvalue weighted by Crippen LogP contribution is -2.54. The highest BCUT2D eigenvalue weighted by molar-refractivity contribution is 6.39. The lowest BCUT2D eigenvalue weighted by atomic mass is 10.1. The van der Waals surface area contributed by atoms with Crippen molar-refractivity contribution in [3.05, 3.63) is 59.6 Å². The first-order valence-electron chi connectivity index (χ1n) is 10.1. The molecule has 0 aliphatic rings. The van der Waals surface area contributed by atoms with Gasteiger partial charge in [0.2, 0.25) is 0 Å². The van der Waals surface area contributed by atoms with E-state index in [4.69, 9.17) is 20.8 Å². The molecule has 0 spiro atoms. The van der Waals surface area contributed by atoms with Gasteiger partial charge in [0.05, 0.1) is 30.0 Å². The van der Waals surface area contributed by atoms with Crippen LogP contribution < -0.4 is 20.7 Å². The number of aromatic hydroxyl groups is 1. The molecule has 0 bridgehead atoms. The maximum atomic E-state index is 12.4. The normalized spacial score (nSPS) is 10.9. The van der Waals surface area contributed by atoms with Crippen molar-refractivity contribution in [1.82, 2.24) is 15.6 Å². The fraction of sp³-hybridized carbons (Fsp3) is 0.217. The third kappa shape index (κ3) is 6.04. The Kier molecular flexibility index (Phi) is 7.42. The lowest BCUT2D eigenvalue weighted by molar-refractivity contribution is -0.137. The summed E-state index contributed by atoms with van der Waals surface area (Å²) in [5.41, 5.74) is 0.0302. The number of carbonyl (C=O) groups is 3. The van der Waals surface area contributed by atoms with Crippen molar-refractivity contribution in [3.8, 4) is 22.8 Å². The largest absolute Gasteiger partial charge is 0.507 e. The van der Waals surface area contributed by atoms with Crippen molar-refractivity contribution in [1.29, 1.82) is 0 Å². The van der Waals surface area contributed by atoms with E-state index in [0.29, 0.717) is 22.8 Å². The van der Waals surface area contributed by atoms with Crippen molar-refractivity contribution in [3.63, 3.8) is 0 Å². The van der Waals surface area contributed by atoms with Crippen molar-refractivity contribution < 1.29 is 28.6 Å². The second-order valence-corrected chi connectivity index (χ2v) is 8.35. The number of rotatable bonds is 7. The second-order valence-electron chi connectivity index (χ2n) is 7.92. The Labute approximate surface area is 200 Å². The van der Waals surface area contributed by atoms with E-state index in [1.807, 2.05) is 0 Å². The minimum atomic E-state index is -0.972. The van der Waals surface area contributed by atoms with Gasteiger partial charge >= 0.3 is 11.8 Å². The Bertz CT molecular complexity index is 1210. The van der Waals surface area contributed by atoms with Crippen molar-refractivity contribution in [2.24, 2.45) is 0 Å². The SMILES string of the molecule is COc1cc(NC(=O)C(=O)NC(C)(C)CNC(=O)c2ccc(Cl)cc2O)ccc1-c1cnco1. The van der Waals surface area contributed by atoms with Crippen LogP contribution in [0.3, 0.4) is 0 Å². The van der Waals surface area contributed by atoms with Crippen molar-refractivity contribution >= 4 is 35.0 Å². The van der Waals surface area contributed by atoms with Crippen LogP contribution in [0.15, 0.2) is 53.4 Å². The van der Waals surface area contributed by atoms with Gasteiger partial charge in [0, 0.05) is 23.3 Å². The van der Waals surface area contributed by atoms with Crippen LogP contribution in [-0.2, 0) is 9.59 Å². The monoisotopic (exact) mass is 486 g/mol. The fourth-order valence-corrected chi connectivity index (χ4v) is 3.18. The smallest absolute Gasteiger partial charge is 0.313 e. The molecule has 0 saturated heterocycles. The Morgan fingerprint density at radius 3 is 2.56 bits per heavy atom. The van der Waals surface area contributed by atoms with Crippen LogP contribution in [0, 0.1) is 0 Å². The molecule has 10 nitrogen and oxygen atoms in total. The predicted octanol–water partition coefficient (Wildman–Crippen LogP) is 2.97. The van der Waals surface area contributed by atoms with Gasteiger partial charge in [-0.15, -0.1) is 0 Å². The number of ether oxygens (including phenoxy) is 1. The average Bonchev–Trinajstić information content (AvgIpc) is 3.32. The number of methoxy groups -OCH3 is 1. The summed E-state index contributed by atoms with van der Waals surface area (Å²) in [6.45, 7) is 3.26. The molecule has 0 aliphatic heterocycles. The molecule has 3 aromatic rings. The first-order chi connectivity index (χ1) is 16.1. The van der Waals surface area contributed by atoms with Gasteiger partial charge in [-0.2, -0.15) is 0 Å². The van der Waals surface area contributed by atoms with Crippen LogP contribution in [0.25, 0.3) is 11.3 Å². The van der Waals surface area contributed by atoms with E-state index in [-0.39, 0.29) is 22.9 Å². The number of oxazole rings is 1. The predicted molar refractivity (Wildman–Crippen MR) is 125 cm³/mol. The minimum Gasteiger partial charge on any atom is -0.507 e. The molecule has 34 heavy (non-hydrogen) atoms. The zero-order chi connectivity index (χ0) is 24.9. The number of anilines is 1. The molecule has 0 aliphatic carbocycles. The van der Waals surface area contributed by atoms with Gasteiger partial charge in [0.25, 0.3) is 5.91 Å². The summed E-state index contributed by atoms with van der Waals surface area (Å²) in [6, 6.07) is 8.91. The van der Waals surface area contributed by atoms with Crippen LogP contribution in [0.1, 0.15) is 24.2 Å². The molecule has 11 heteroatoms. The molecule has 0 fully saturated rings. The van der Waals surface area contributed by atoms with Gasteiger partial charge in [0.15, 0.2) is 12.2 Å². The number of phenolic OH excluding ortho intramolecular Hbond substituents is 1. The molecule has 178 valence electrons. The standard InChI is InChI=1S/C23H23ClN4O6/c1-23(2,11-26-20(30)15-6-4-13(24)8-17(15)29)28-22(32)21(31)27-14-5-7-16(18(9-14)33-3)19-10-25-12-34-19/h4-10,12,29H,11H2,1-3H3,(H,26,30)(H,27,31)(H,28,32). The summed E-state index contributed by atoms with van der Waals surface area (Å²) in [7, 11) is 1.47. The molecule has 2 aromatic carbocycles. The molecule has 3 rings (SSSR count). The van der Waals surface area contributed by atoms with E-state index in [2.05, 4.69) is 20.9 Å². The molecule has 0 saturated carbocycles. The molecule has 0 unspecified atom stereocenters. The van der Waals surface area contributed by atoms with Crippen LogP contribution in [-0.4, -0.2) is 47.0 Å². The van der Waals surface area contributed by atoms with E-state index in [1.54, 1.807) is 32.0 Å². The maximum absolute atomic E-state index is 12.4. The summed E-state index contributed by atoms with van der Waals surface area (Å²) in [6.07, 6.45) is 2.82. The Hall–Kier alpha value is -4.05. The molecule has 1 aromatic heterocycles. The molecule has 4 N–H and O–H groups in total. The number of nitrogens with one attached hydrogen (secondary N) is 3. The first-order valence-corrected chi connectivity index (χ1v) is 10.4. The highest BCUT2D eigenvalue weighted by atomic mass is 35.5. The topological polar surface area (TPSA) is 143 Å². The third-order valence-corrected chi connectivity index (χ3v) is 4.95. The van der Waals surface area contributed by atoms with E-state index in [0.717, 1.165) is 0 Å². The summed E-state index contributed by atoms with van der Waals surface area (Å²) in [5.74, 6) is -1.71. The van der Waals surface area contributed by atoms with E-state index in [1.165, 1.54) is 37.9 Å². The summed E-state index contributed by atoms with van der Waals surface area (Å²) in [5, 5.41) is 17.8. The number of hydrogen-bond acceptors (Lipinski definition) is 7. The lowest BCUT2D eigenvalue weighted by Gasteiger charge is -2.26. The number of carbonyl (C=O) groups excluding carboxylic acids is 3. The molecular weight excluding hydrogens is 464 g/mol.